The van der Waals surface area contributed by atoms with Crippen LogP contribution in [-0.4, -0.2) is 27.3 Å². The van der Waals surface area contributed by atoms with Crippen LogP contribution >= 0.6 is 0 Å². The maximum Gasteiger partial charge on any atom is 0.139 e. The first-order valence-electron chi connectivity index (χ1n) is 5.77. The maximum absolute atomic E-state index is 9.95. The first-order valence-corrected chi connectivity index (χ1v) is 9.27. The van der Waals surface area contributed by atoms with Gasteiger partial charge in [-0.05, 0) is 17.7 Å². The summed E-state index contributed by atoms with van der Waals surface area (Å²) < 4.78 is 0. The van der Waals surface area contributed by atoms with Crippen LogP contribution in [0.1, 0.15) is 11.7 Å². The summed E-state index contributed by atoms with van der Waals surface area (Å²) in [5.74, 6) is 2.94. The van der Waals surface area contributed by atoms with Crippen LogP contribution in [0.3, 0.4) is 0 Å². The van der Waals surface area contributed by atoms with E-state index in [0.29, 0.717) is 0 Å². The number of aliphatic hydroxyl groups is 1. The molecule has 0 saturated heterocycles. The molecule has 1 rings (SSSR count). The molecule has 1 N–H and O–H groups in total. The molecule has 0 aromatic heterocycles. The molecule has 1 aromatic rings. The van der Waals surface area contributed by atoms with E-state index in [4.69, 9.17) is 0 Å². The van der Waals surface area contributed by atoms with Crippen LogP contribution < -0.4 is 4.90 Å². The van der Waals surface area contributed by atoms with Gasteiger partial charge < -0.3 is 10.0 Å². The van der Waals surface area contributed by atoms with E-state index in [9.17, 15) is 5.11 Å². The second-order valence-corrected chi connectivity index (χ2v) is 10.2. The Kier molecular flexibility index (Phi) is 4.38. The van der Waals surface area contributed by atoms with Crippen molar-refractivity contribution in [3.63, 3.8) is 0 Å². The first kappa shape index (κ1) is 13.8. The number of anilines is 1. The van der Waals surface area contributed by atoms with Crippen molar-refractivity contribution in [2.45, 2.75) is 25.7 Å². The van der Waals surface area contributed by atoms with Crippen LogP contribution in [0.2, 0.25) is 19.6 Å². The Hall–Kier alpha value is -1.24. The zero-order valence-electron chi connectivity index (χ0n) is 11.3. The van der Waals surface area contributed by atoms with Crippen LogP contribution in [0.25, 0.3) is 0 Å². The third kappa shape index (κ3) is 4.64. The Balaban J connectivity index is 2.82. The van der Waals surface area contributed by atoms with Gasteiger partial charge in [0, 0.05) is 19.8 Å². The molecule has 0 aliphatic rings. The molecule has 0 radical (unpaired) electrons. The highest BCUT2D eigenvalue weighted by atomic mass is 28.3. The molecular formula is C14H21NOSi. The monoisotopic (exact) mass is 247 g/mol. The first-order chi connectivity index (χ1) is 7.79. The molecule has 0 bridgehead atoms. The lowest BCUT2D eigenvalue weighted by molar-refractivity contribution is 0.238. The molecular weight excluding hydrogens is 226 g/mol. The predicted octanol–water partition coefficient (Wildman–Crippen LogP) is 2.67. The standard InChI is InChI=1S/C14H21NOSi/c1-15(2)13-8-6-12(7-9-13)14(16)10-11-17(3,4)5/h6-9,14,16H,1-5H3. The number of nitrogens with zero attached hydrogens (tertiary/aromatic N) is 1. The summed E-state index contributed by atoms with van der Waals surface area (Å²) in [4.78, 5) is 2.03. The lowest BCUT2D eigenvalue weighted by atomic mass is 10.1. The van der Waals surface area contributed by atoms with Gasteiger partial charge in [0.25, 0.3) is 0 Å². The van der Waals surface area contributed by atoms with E-state index in [1.54, 1.807) is 0 Å². The van der Waals surface area contributed by atoms with E-state index in [2.05, 4.69) is 31.1 Å². The fraction of sp³-hybridized carbons (Fsp3) is 0.429. The minimum Gasteiger partial charge on any atom is -0.378 e. The van der Waals surface area contributed by atoms with Crippen molar-refractivity contribution >= 4 is 13.8 Å². The Morgan fingerprint density at radius 3 is 2.06 bits per heavy atom. The molecule has 0 aliphatic heterocycles. The Labute approximate surface area is 105 Å². The fourth-order valence-electron chi connectivity index (χ4n) is 1.32. The summed E-state index contributed by atoms with van der Waals surface area (Å²) in [6.07, 6.45) is -0.669. The van der Waals surface area contributed by atoms with Gasteiger partial charge in [0.2, 0.25) is 0 Å². The van der Waals surface area contributed by atoms with Crippen LogP contribution in [0.5, 0.6) is 0 Å². The van der Waals surface area contributed by atoms with Crippen LogP contribution in [0, 0.1) is 11.5 Å². The maximum atomic E-state index is 9.95. The smallest absolute Gasteiger partial charge is 0.139 e. The molecule has 0 spiro atoms. The lowest BCUT2D eigenvalue weighted by Crippen LogP contribution is -2.16. The topological polar surface area (TPSA) is 23.5 Å². The Morgan fingerprint density at radius 2 is 1.65 bits per heavy atom. The normalized spacial score (nSPS) is 12.6. The van der Waals surface area contributed by atoms with Crippen LogP contribution in [-0.2, 0) is 0 Å². The molecule has 92 valence electrons. The quantitative estimate of drug-likeness (QED) is 0.641. The average molecular weight is 247 g/mol. The molecule has 1 atom stereocenters. The summed E-state index contributed by atoms with van der Waals surface area (Å²) in [6, 6.07) is 7.85. The highest BCUT2D eigenvalue weighted by molar-refractivity contribution is 6.83. The van der Waals surface area contributed by atoms with Gasteiger partial charge in [-0.2, -0.15) is 0 Å². The number of hydrogen-bond donors (Lipinski definition) is 1. The van der Waals surface area contributed by atoms with Gasteiger partial charge in [0.1, 0.15) is 14.2 Å². The fourth-order valence-corrected chi connectivity index (χ4v) is 1.89. The number of benzene rings is 1. The highest BCUT2D eigenvalue weighted by Crippen LogP contribution is 2.17. The SMILES string of the molecule is CN(C)c1ccc(C(O)C#C[Si](C)(C)C)cc1. The van der Waals surface area contributed by atoms with Crippen molar-refractivity contribution < 1.29 is 5.11 Å². The van der Waals surface area contributed by atoms with E-state index in [1.165, 1.54) is 0 Å². The molecule has 1 unspecified atom stereocenters. The minimum absolute atomic E-state index is 0.669. The summed E-state index contributed by atoms with van der Waals surface area (Å²) in [7, 11) is 2.58. The van der Waals surface area contributed by atoms with Gasteiger partial charge in [-0.3, -0.25) is 0 Å². The number of aliphatic hydroxyl groups excluding tert-OH is 1. The van der Waals surface area contributed by atoms with Gasteiger partial charge >= 0.3 is 0 Å². The summed E-state index contributed by atoms with van der Waals surface area (Å²) in [5, 5.41) is 9.95. The van der Waals surface area contributed by atoms with Crippen molar-refractivity contribution in [2.24, 2.45) is 0 Å². The van der Waals surface area contributed by atoms with Crippen LogP contribution in [0.15, 0.2) is 24.3 Å². The van der Waals surface area contributed by atoms with E-state index < -0.39 is 14.2 Å². The van der Waals surface area contributed by atoms with Crippen LogP contribution in [0.4, 0.5) is 5.69 Å². The number of hydrogen-bond acceptors (Lipinski definition) is 2. The third-order valence-electron chi connectivity index (χ3n) is 2.31. The lowest BCUT2D eigenvalue weighted by Gasteiger charge is -2.13. The van der Waals surface area contributed by atoms with Crippen molar-refractivity contribution in [3.05, 3.63) is 29.8 Å². The van der Waals surface area contributed by atoms with Gasteiger partial charge in [-0.25, -0.2) is 0 Å². The highest BCUT2D eigenvalue weighted by Gasteiger charge is 2.09. The van der Waals surface area contributed by atoms with E-state index in [0.717, 1.165) is 11.3 Å². The zero-order chi connectivity index (χ0) is 13.1. The third-order valence-corrected chi connectivity index (χ3v) is 3.20. The zero-order valence-corrected chi connectivity index (χ0v) is 12.3. The van der Waals surface area contributed by atoms with E-state index >= 15 is 0 Å². The molecule has 0 amide bonds. The Bertz CT molecular complexity index is 420. The van der Waals surface area contributed by atoms with E-state index in [-0.39, 0.29) is 0 Å². The molecule has 2 nitrogen and oxygen atoms in total. The molecule has 17 heavy (non-hydrogen) atoms. The summed E-state index contributed by atoms with van der Waals surface area (Å²) >= 11 is 0. The van der Waals surface area contributed by atoms with Crippen molar-refractivity contribution in [2.75, 3.05) is 19.0 Å². The largest absolute Gasteiger partial charge is 0.378 e. The van der Waals surface area contributed by atoms with Crippen molar-refractivity contribution in [3.8, 4) is 11.5 Å². The van der Waals surface area contributed by atoms with Crippen molar-refractivity contribution in [1.29, 1.82) is 0 Å². The Morgan fingerprint density at radius 1 is 1.12 bits per heavy atom. The van der Waals surface area contributed by atoms with Gasteiger partial charge in [-0.1, -0.05) is 37.7 Å². The molecule has 0 aliphatic carbocycles. The molecule has 0 heterocycles. The van der Waals surface area contributed by atoms with Gasteiger partial charge in [0.15, 0.2) is 0 Å². The predicted molar refractivity (Wildman–Crippen MR) is 76.9 cm³/mol. The average Bonchev–Trinajstić information content (AvgIpc) is 2.25. The number of rotatable bonds is 2. The second-order valence-electron chi connectivity index (χ2n) is 5.41. The molecule has 0 fully saturated rings. The minimum atomic E-state index is -1.41. The van der Waals surface area contributed by atoms with Gasteiger partial charge in [-0.15, -0.1) is 5.54 Å². The second kappa shape index (κ2) is 5.39. The molecule has 3 heteroatoms. The van der Waals surface area contributed by atoms with Crippen molar-refractivity contribution in [1.82, 2.24) is 0 Å². The summed E-state index contributed by atoms with van der Waals surface area (Å²) in [6.45, 7) is 6.51. The van der Waals surface area contributed by atoms with E-state index in [1.807, 2.05) is 43.3 Å². The summed E-state index contributed by atoms with van der Waals surface area (Å²) in [5.41, 5.74) is 5.17. The van der Waals surface area contributed by atoms with Gasteiger partial charge in [0.05, 0.1) is 0 Å². The molecule has 1 aromatic carbocycles. The molecule has 0 saturated carbocycles.